The molecule has 1 aliphatic heterocycles. The minimum absolute atomic E-state index is 0.197. The molecule has 4 heteroatoms. The van der Waals surface area contributed by atoms with Crippen LogP contribution < -0.4 is 11.3 Å². The molecule has 0 amide bonds. The van der Waals surface area contributed by atoms with Gasteiger partial charge in [-0.05, 0) is 49.8 Å². The Bertz CT molecular complexity index is 465. The van der Waals surface area contributed by atoms with Crippen molar-refractivity contribution in [2.24, 2.45) is 5.84 Å². The van der Waals surface area contributed by atoms with Crippen molar-refractivity contribution < 1.29 is 4.74 Å². The van der Waals surface area contributed by atoms with Crippen LogP contribution in [0, 0.1) is 0 Å². The number of morpholine rings is 1. The lowest BCUT2D eigenvalue weighted by Crippen LogP contribution is -2.53. The van der Waals surface area contributed by atoms with Gasteiger partial charge in [-0.25, -0.2) is 0 Å². The number of hydrazine groups is 1. The van der Waals surface area contributed by atoms with Gasteiger partial charge in [-0.2, -0.15) is 0 Å². The number of hydrogen-bond donors (Lipinski definition) is 2. The fourth-order valence-electron chi connectivity index (χ4n) is 3.79. The Balaban J connectivity index is 1.70. The molecule has 3 atom stereocenters. The first-order valence-electron chi connectivity index (χ1n) is 8.12. The predicted molar refractivity (Wildman–Crippen MR) is 85.1 cm³/mol. The van der Waals surface area contributed by atoms with Gasteiger partial charge in [-0.3, -0.25) is 11.3 Å². The number of nitrogens with two attached hydrogens (primary N) is 1. The Hall–Kier alpha value is -0.940. The number of hydrogen-bond acceptors (Lipinski definition) is 4. The summed E-state index contributed by atoms with van der Waals surface area (Å²) in [6.45, 7) is 2.78. The summed E-state index contributed by atoms with van der Waals surface area (Å²) >= 11 is 0. The zero-order valence-corrected chi connectivity index (χ0v) is 12.9. The smallest absolute Gasteiger partial charge is 0.0868 e. The van der Waals surface area contributed by atoms with Gasteiger partial charge in [0.15, 0.2) is 0 Å². The largest absolute Gasteiger partial charge is 0.374 e. The lowest BCUT2D eigenvalue weighted by molar-refractivity contribution is -0.0412. The van der Waals surface area contributed by atoms with Crippen LogP contribution >= 0.6 is 0 Å². The second kappa shape index (κ2) is 6.88. The summed E-state index contributed by atoms with van der Waals surface area (Å²) in [6.07, 6.45) is 5.02. The van der Waals surface area contributed by atoms with Crippen LogP contribution in [-0.2, 0) is 11.2 Å². The van der Waals surface area contributed by atoms with Crippen LogP contribution in [0.25, 0.3) is 0 Å². The van der Waals surface area contributed by atoms with E-state index in [9.17, 15) is 0 Å². The first kappa shape index (κ1) is 15.0. The topological polar surface area (TPSA) is 50.5 Å². The predicted octanol–water partition coefficient (Wildman–Crippen LogP) is 1.66. The van der Waals surface area contributed by atoms with Gasteiger partial charge < -0.3 is 9.64 Å². The molecule has 3 unspecified atom stereocenters. The van der Waals surface area contributed by atoms with E-state index in [2.05, 4.69) is 41.6 Å². The maximum Gasteiger partial charge on any atom is 0.0868 e. The Morgan fingerprint density at radius 1 is 1.43 bits per heavy atom. The van der Waals surface area contributed by atoms with Gasteiger partial charge in [0, 0.05) is 19.1 Å². The summed E-state index contributed by atoms with van der Waals surface area (Å²) in [6, 6.07) is 9.10. The Labute approximate surface area is 127 Å². The van der Waals surface area contributed by atoms with Crippen molar-refractivity contribution in [1.82, 2.24) is 10.3 Å². The molecule has 116 valence electrons. The maximum atomic E-state index is 5.95. The molecule has 0 saturated carbocycles. The molecule has 0 bridgehead atoms. The summed E-state index contributed by atoms with van der Waals surface area (Å²) in [7, 11) is 2.15. The van der Waals surface area contributed by atoms with Crippen molar-refractivity contribution in [2.75, 3.05) is 26.7 Å². The van der Waals surface area contributed by atoms with Crippen LogP contribution in [0.4, 0.5) is 0 Å². The van der Waals surface area contributed by atoms with E-state index in [4.69, 9.17) is 10.6 Å². The van der Waals surface area contributed by atoms with E-state index in [-0.39, 0.29) is 12.1 Å². The highest BCUT2D eigenvalue weighted by atomic mass is 16.5. The van der Waals surface area contributed by atoms with Crippen molar-refractivity contribution in [3.05, 3.63) is 35.4 Å². The van der Waals surface area contributed by atoms with E-state index in [1.807, 2.05) is 0 Å². The Morgan fingerprint density at radius 3 is 3.10 bits per heavy atom. The molecule has 0 spiro atoms. The Morgan fingerprint density at radius 2 is 2.29 bits per heavy atom. The fourth-order valence-corrected chi connectivity index (χ4v) is 3.79. The maximum absolute atomic E-state index is 5.95. The minimum atomic E-state index is 0.197. The normalized spacial score (nSPS) is 28.1. The number of nitrogens with one attached hydrogen (secondary N) is 1. The first-order valence-corrected chi connectivity index (χ1v) is 8.12. The van der Waals surface area contributed by atoms with E-state index >= 15 is 0 Å². The highest BCUT2D eigenvalue weighted by molar-refractivity contribution is 5.32. The lowest BCUT2D eigenvalue weighted by atomic mass is 9.79. The van der Waals surface area contributed by atoms with Gasteiger partial charge in [0.05, 0.1) is 12.7 Å². The quantitative estimate of drug-likeness (QED) is 0.654. The van der Waals surface area contributed by atoms with Gasteiger partial charge in [0.2, 0.25) is 0 Å². The molecule has 1 aliphatic carbocycles. The third kappa shape index (κ3) is 3.46. The van der Waals surface area contributed by atoms with Gasteiger partial charge in [0.25, 0.3) is 0 Å². The average Bonchev–Trinajstić information content (AvgIpc) is 2.52. The van der Waals surface area contributed by atoms with Crippen molar-refractivity contribution in [3.63, 3.8) is 0 Å². The van der Waals surface area contributed by atoms with Crippen molar-refractivity contribution >= 4 is 0 Å². The zero-order chi connectivity index (χ0) is 14.7. The van der Waals surface area contributed by atoms with E-state index in [0.717, 1.165) is 26.1 Å². The number of aryl methyl sites for hydroxylation is 1. The highest BCUT2D eigenvalue weighted by Gasteiger charge is 2.30. The fraction of sp³-hybridized carbons (Fsp3) is 0.647. The summed E-state index contributed by atoms with van der Waals surface area (Å²) in [4.78, 5) is 2.33. The molecule has 0 radical (unpaired) electrons. The molecular weight excluding hydrogens is 262 g/mol. The number of benzene rings is 1. The van der Waals surface area contributed by atoms with E-state index in [1.54, 1.807) is 0 Å². The van der Waals surface area contributed by atoms with Crippen LogP contribution in [0.1, 0.15) is 36.3 Å². The van der Waals surface area contributed by atoms with Gasteiger partial charge in [0.1, 0.15) is 0 Å². The summed E-state index contributed by atoms with van der Waals surface area (Å²) in [5.74, 6) is 6.44. The van der Waals surface area contributed by atoms with E-state index in [1.165, 1.54) is 30.4 Å². The van der Waals surface area contributed by atoms with Crippen LogP contribution in [0.2, 0.25) is 0 Å². The number of nitrogens with zero attached hydrogens (tertiary/aromatic N) is 1. The second-order valence-electron chi connectivity index (χ2n) is 6.47. The molecule has 1 saturated heterocycles. The summed E-state index contributed by atoms with van der Waals surface area (Å²) in [5.41, 5.74) is 6.06. The second-order valence-corrected chi connectivity index (χ2v) is 6.47. The number of rotatable bonds is 4. The summed E-state index contributed by atoms with van der Waals surface area (Å²) < 4.78 is 5.95. The standard InChI is InChI=1S/C17H27N3O/c1-20-9-10-21-17(12-20)16(19-18)11-14-7-4-6-13-5-2-3-8-15(13)14/h2-3,5,8,14,16-17,19H,4,6-7,9-12,18H2,1H3. The molecule has 0 aromatic heterocycles. The molecule has 1 fully saturated rings. The van der Waals surface area contributed by atoms with E-state index < -0.39 is 0 Å². The van der Waals surface area contributed by atoms with Crippen molar-refractivity contribution in [2.45, 2.75) is 43.7 Å². The van der Waals surface area contributed by atoms with Crippen LogP contribution in [0.5, 0.6) is 0 Å². The van der Waals surface area contributed by atoms with Gasteiger partial charge in [-0.1, -0.05) is 24.3 Å². The van der Waals surface area contributed by atoms with Crippen LogP contribution in [0.3, 0.4) is 0 Å². The number of ether oxygens (including phenoxy) is 1. The molecule has 3 N–H and O–H groups in total. The zero-order valence-electron chi connectivity index (χ0n) is 12.9. The SMILES string of the molecule is CN1CCOC(C(CC2CCCc3ccccc32)NN)C1. The average molecular weight is 289 g/mol. The highest BCUT2D eigenvalue weighted by Crippen LogP contribution is 2.35. The van der Waals surface area contributed by atoms with Crippen LogP contribution in [-0.4, -0.2) is 43.8 Å². The first-order chi connectivity index (χ1) is 10.3. The number of likely N-dealkylation sites (N-methyl/N-ethyl adjacent to an activating group) is 1. The molecule has 21 heavy (non-hydrogen) atoms. The molecular formula is C17H27N3O. The lowest BCUT2D eigenvalue weighted by Gasteiger charge is -2.37. The molecule has 1 aromatic rings. The Kier molecular flexibility index (Phi) is 4.91. The van der Waals surface area contributed by atoms with Crippen molar-refractivity contribution in [3.8, 4) is 0 Å². The van der Waals surface area contributed by atoms with E-state index in [0.29, 0.717) is 5.92 Å². The third-order valence-electron chi connectivity index (χ3n) is 4.99. The summed E-state index contributed by atoms with van der Waals surface area (Å²) in [5, 5.41) is 0. The third-order valence-corrected chi connectivity index (χ3v) is 4.99. The van der Waals surface area contributed by atoms with Crippen LogP contribution in [0.15, 0.2) is 24.3 Å². The monoisotopic (exact) mass is 289 g/mol. The molecule has 3 rings (SSSR count). The molecule has 2 aliphatic rings. The van der Waals surface area contributed by atoms with Crippen molar-refractivity contribution in [1.29, 1.82) is 0 Å². The van der Waals surface area contributed by atoms with Gasteiger partial charge in [-0.15, -0.1) is 0 Å². The number of fused-ring (bicyclic) bond motifs is 1. The molecule has 4 nitrogen and oxygen atoms in total. The molecule has 1 aromatic carbocycles. The van der Waals surface area contributed by atoms with Gasteiger partial charge >= 0.3 is 0 Å². The molecule has 1 heterocycles. The minimum Gasteiger partial charge on any atom is -0.374 e.